The Labute approximate surface area is 316 Å². The molecule has 0 amide bonds. The van der Waals surface area contributed by atoms with Gasteiger partial charge in [-0.3, -0.25) is 0 Å². The van der Waals surface area contributed by atoms with Crippen molar-refractivity contribution >= 4 is 65.4 Å². The molecule has 0 radical (unpaired) electrons. The van der Waals surface area contributed by atoms with Crippen LogP contribution in [0, 0.1) is 22.7 Å². The van der Waals surface area contributed by atoms with Gasteiger partial charge in [0, 0.05) is 49.3 Å². The van der Waals surface area contributed by atoms with Crippen molar-refractivity contribution in [2.24, 2.45) is 0 Å². The minimum Gasteiger partial charge on any atom is -0.309 e. The Morgan fingerprint density at radius 2 is 0.818 bits per heavy atom. The smallest absolute Gasteiger partial charge is 0.102 e. The average Bonchev–Trinajstić information content (AvgIpc) is 3.88. The molecule has 0 unspecified atom stereocenters. The van der Waals surface area contributed by atoms with Crippen LogP contribution >= 0.6 is 0 Å². The van der Waals surface area contributed by atoms with E-state index in [1.165, 1.54) is 21.8 Å². The summed E-state index contributed by atoms with van der Waals surface area (Å²) in [4.78, 5) is 0. The monoisotopic (exact) mass is 699 g/mol. The largest absolute Gasteiger partial charge is 0.309 e. The zero-order valence-electron chi connectivity index (χ0n) is 29.5. The molecule has 3 aromatic heterocycles. The summed E-state index contributed by atoms with van der Waals surface area (Å²) in [5.74, 6) is 0. The number of rotatable bonds is 4. The van der Waals surface area contributed by atoms with E-state index in [4.69, 9.17) is 0 Å². The molecule has 5 heteroatoms. The van der Waals surface area contributed by atoms with Crippen LogP contribution in [0.3, 0.4) is 0 Å². The summed E-state index contributed by atoms with van der Waals surface area (Å²) in [6, 6.07) is 65.9. The molecule has 254 valence electrons. The third kappa shape index (κ3) is 4.45. The molecule has 0 saturated heterocycles. The third-order valence-corrected chi connectivity index (χ3v) is 11.1. The molecule has 11 rings (SSSR count). The summed E-state index contributed by atoms with van der Waals surface area (Å²) in [5, 5.41) is 27.3. The normalized spacial score (nSPS) is 11.6. The van der Waals surface area contributed by atoms with E-state index >= 15 is 0 Å². The number of hydrogen-bond acceptors (Lipinski definition) is 2. The predicted molar refractivity (Wildman–Crippen MR) is 224 cm³/mol. The van der Waals surface area contributed by atoms with Crippen LogP contribution in [0.2, 0.25) is 0 Å². The lowest BCUT2D eigenvalue weighted by atomic mass is 9.98. The number of para-hydroxylation sites is 4. The van der Waals surface area contributed by atoms with Crippen molar-refractivity contribution in [3.63, 3.8) is 0 Å². The molecule has 8 aromatic carbocycles. The van der Waals surface area contributed by atoms with Crippen molar-refractivity contribution in [2.45, 2.75) is 0 Å². The zero-order chi connectivity index (χ0) is 36.6. The second kappa shape index (κ2) is 11.8. The van der Waals surface area contributed by atoms with Crippen LogP contribution in [0.15, 0.2) is 176 Å². The topological polar surface area (TPSA) is 62.4 Å². The first-order valence-corrected chi connectivity index (χ1v) is 18.3. The van der Waals surface area contributed by atoms with E-state index in [1.807, 2.05) is 42.5 Å². The summed E-state index contributed by atoms with van der Waals surface area (Å²) in [7, 11) is 0. The van der Waals surface area contributed by atoms with Crippen molar-refractivity contribution in [1.82, 2.24) is 13.7 Å². The molecule has 5 nitrogen and oxygen atoms in total. The maximum atomic E-state index is 10.9. The Kier molecular flexibility index (Phi) is 6.61. The summed E-state index contributed by atoms with van der Waals surface area (Å²) < 4.78 is 6.83. The van der Waals surface area contributed by atoms with E-state index < -0.39 is 0 Å². The molecule has 11 aromatic rings. The summed E-state index contributed by atoms with van der Waals surface area (Å²) in [6.45, 7) is 0. The van der Waals surface area contributed by atoms with E-state index in [2.05, 4.69) is 159 Å². The van der Waals surface area contributed by atoms with Gasteiger partial charge >= 0.3 is 0 Å². The zero-order valence-corrected chi connectivity index (χ0v) is 29.5. The van der Waals surface area contributed by atoms with Gasteiger partial charge in [-0.15, -0.1) is 0 Å². The minimum absolute atomic E-state index is 0.616. The van der Waals surface area contributed by atoms with Crippen molar-refractivity contribution in [3.8, 4) is 40.3 Å². The standard InChI is InChI=1S/C50H29N5/c51-30-32-20-26-49-41(28-32)39-12-3-7-17-46(39)53(49)34-23-21-33(22-24-34)36-14-9-19-48(43(36)31-52)55-47-18-8-4-13-40(47)42-29-35(25-27-50(42)55)54-44-15-5-1-10-37(44)38-11-2-6-16-45(38)54/h1-29H. The van der Waals surface area contributed by atoms with Gasteiger partial charge in [0.25, 0.3) is 0 Å². The van der Waals surface area contributed by atoms with E-state index in [0.717, 1.165) is 71.8 Å². The number of benzene rings is 8. The number of fused-ring (bicyclic) bond motifs is 9. The Morgan fingerprint density at radius 3 is 1.42 bits per heavy atom. The maximum Gasteiger partial charge on any atom is 0.102 e. The lowest BCUT2D eigenvalue weighted by Gasteiger charge is -2.15. The molecule has 0 saturated carbocycles. The second-order valence-electron chi connectivity index (χ2n) is 14.0. The van der Waals surface area contributed by atoms with Gasteiger partial charge in [-0.2, -0.15) is 10.5 Å². The number of aromatic nitrogens is 3. The van der Waals surface area contributed by atoms with Crippen LogP contribution in [0.25, 0.3) is 93.6 Å². The first kappa shape index (κ1) is 30.7. The highest BCUT2D eigenvalue weighted by atomic mass is 15.0. The Balaban J connectivity index is 1.06. The quantitative estimate of drug-likeness (QED) is 0.184. The van der Waals surface area contributed by atoms with Gasteiger partial charge in [-0.25, -0.2) is 0 Å². The van der Waals surface area contributed by atoms with Gasteiger partial charge in [0.15, 0.2) is 0 Å². The minimum atomic E-state index is 0.616. The van der Waals surface area contributed by atoms with E-state index in [0.29, 0.717) is 11.1 Å². The molecule has 0 aliphatic carbocycles. The van der Waals surface area contributed by atoms with Crippen LogP contribution in [-0.4, -0.2) is 13.7 Å². The molecule has 55 heavy (non-hydrogen) atoms. The number of nitriles is 2. The fourth-order valence-electron chi connectivity index (χ4n) is 8.76. The molecule has 3 heterocycles. The fraction of sp³-hybridized carbons (Fsp3) is 0. The lowest BCUT2D eigenvalue weighted by molar-refractivity contribution is 1.16. The summed E-state index contributed by atoms with van der Waals surface area (Å²) in [6.07, 6.45) is 0. The van der Waals surface area contributed by atoms with E-state index in [1.54, 1.807) is 0 Å². The predicted octanol–water partition coefficient (Wildman–Crippen LogP) is 12.4. The first-order chi connectivity index (χ1) is 27.2. The number of hydrogen-bond donors (Lipinski definition) is 0. The molecule has 0 aliphatic heterocycles. The Bertz CT molecular complexity index is 3400. The van der Waals surface area contributed by atoms with Crippen molar-refractivity contribution in [2.75, 3.05) is 0 Å². The van der Waals surface area contributed by atoms with Gasteiger partial charge in [0.2, 0.25) is 0 Å². The number of nitrogens with zero attached hydrogens (tertiary/aromatic N) is 5. The Hall–Kier alpha value is -7.86. The third-order valence-electron chi connectivity index (χ3n) is 11.1. The molecule has 0 atom stereocenters. The van der Waals surface area contributed by atoms with Gasteiger partial charge in [0.1, 0.15) is 6.07 Å². The van der Waals surface area contributed by atoms with E-state index in [9.17, 15) is 10.5 Å². The molecule has 0 bridgehead atoms. The van der Waals surface area contributed by atoms with Gasteiger partial charge in [-0.05, 0) is 84.4 Å². The molecule has 0 N–H and O–H groups in total. The molecule has 0 spiro atoms. The highest BCUT2D eigenvalue weighted by Crippen LogP contribution is 2.39. The van der Waals surface area contributed by atoms with Crippen molar-refractivity contribution in [1.29, 1.82) is 10.5 Å². The molecule has 0 aliphatic rings. The van der Waals surface area contributed by atoms with Crippen LogP contribution < -0.4 is 0 Å². The Morgan fingerprint density at radius 1 is 0.345 bits per heavy atom. The van der Waals surface area contributed by atoms with Crippen LogP contribution in [-0.2, 0) is 0 Å². The first-order valence-electron chi connectivity index (χ1n) is 18.3. The molecular formula is C50H29N5. The second-order valence-corrected chi connectivity index (χ2v) is 14.0. The lowest BCUT2D eigenvalue weighted by Crippen LogP contribution is -2.00. The molecule has 0 fully saturated rings. The van der Waals surface area contributed by atoms with Crippen molar-refractivity contribution in [3.05, 3.63) is 187 Å². The van der Waals surface area contributed by atoms with Crippen LogP contribution in [0.1, 0.15) is 11.1 Å². The summed E-state index contributed by atoms with van der Waals surface area (Å²) in [5.41, 5.74) is 12.6. The highest BCUT2D eigenvalue weighted by molar-refractivity contribution is 6.13. The summed E-state index contributed by atoms with van der Waals surface area (Å²) >= 11 is 0. The van der Waals surface area contributed by atoms with Gasteiger partial charge in [-0.1, -0.05) is 97.1 Å². The van der Waals surface area contributed by atoms with Gasteiger partial charge < -0.3 is 13.7 Å². The molecular weight excluding hydrogens is 671 g/mol. The van der Waals surface area contributed by atoms with E-state index in [-0.39, 0.29) is 0 Å². The van der Waals surface area contributed by atoms with Crippen molar-refractivity contribution < 1.29 is 0 Å². The van der Waals surface area contributed by atoms with Crippen LogP contribution in [0.4, 0.5) is 0 Å². The maximum absolute atomic E-state index is 10.9. The SMILES string of the molecule is N#Cc1ccc2c(c1)c1ccccc1n2-c1ccc(-c2cccc(-n3c4ccccc4c4cc(-n5c6ccccc6c6ccccc65)ccc43)c2C#N)cc1. The highest BCUT2D eigenvalue weighted by Gasteiger charge is 2.20. The average molecular weight is 700 g/mol. The van der Waals surface area contributed by atoms with Crippen LogP contribution in [0.5, 0.6) is 0 Å². The fourth-order valence-corrected chi connectivity index (χ4v) is 8.76. The van der Waals surface area contributed by atoms with Gasteiger partial charge in [0.05, 0.1) is 56.0 Å².